The van der Waals surface area contributed by atoms with E-state index in [0.717, 1.165) is 34.1 Å². The van der Waals surface area contributed by atoms with E-state index < -0.39 is 6.10 Å². The third kappa shape index (κ3) is 5.67. The number of hydrogen-bond acceptors (Lipinski definition) is 3. The van der Waals surface area contributed by atoms with Crippen LogP contribution in [0.4, 0.5) is 0 Å². The lowest BCUT2D eigenvalue weighted by atomic mass is 9.84. The van der Waals surface area contributed by atoms with Crippen molar-refractivity contribution in [3.05, 3.63) is 94.1 Å². The van der Waals surface area contributed by atoms with Crippen molar-refractivity contribution in [2.75, 3.05) is 6.61 Å². The van der Waals surface area contributed by atoms with Gasteiger partial charge in [0.2, 0.25) is 0 Å². The van der Waals surface area contributed by atoms with Crippen molar-refractivity contribution >= 4 is 11.6 Å². The summed E-state index contributed by atoms with van der Waals surface area (Å²) >= 11 is 6.74. The molecule has 3 atom stereocenters. The third-order valence-corrected chi connectivity index (χ3v) is 6.67. The van der Waals surface area contributed by atoms with E-state index in [2.05, 4.69) is 36.9 Å². The van der Waals surface area contributed by atoms with Crippen LogP contribution in [0.2, 0.25) is 0 Å². The van der Waals surface area contributed by atoms with Crippen LogP contribution in [0.1, 0.15) is 49.1 Å². The van der Waals surface area contributed by atoms with Gasteiger partial charge >= 0.3 is 0 Å². The van der Waals surface area contributed by atoms with Crippen molar-refractivity contribution in [3.63, 3.8) is 0 Å². The van der Waals surface area contributed by atoms with Gasteiger partial charge in [0.25, 0.3) is 0 Å². The van der Waals surface area contributed by atoms with Crippen molar-refractivity contribution in [1.82, 2.24) is 0 Å². The second kappa shape index (κ2) is 10.1. The molecule has 4 heteroatoms. The SMILES string of the molecule is C=C/C=C\C=C1/CC(Cl)=C(Cc2ccc(C3CC3)cc2)C=C1C1CC(O)CC(CO)O1. The Hall–Kier alpha value is -1.91. The summed E-state index contributed by atoms with van der Waals surface area (Å²) in [6, 6.07) is 8.90. The summed E-state index contributed by atoms with van der Waals surface area (Å²) in [7, 11) is 0. The highest BCUT2D eigenvalue weighted by atomic mass is 35.5. The summed E-state index contributed by atoms with van der Waals surface area (Å²) in [5.41, 5.74) is 5.88. The number of hydrogen-bond donors (Lipinski definition) is 2. The number of ether oxygens (including phenoxy) is 1. The van der Waals surface area contributed by atoms with Crippen molar-refractivity contribution in [3.8, 4) is 0 Å². The van der Waals surface area contributed by atoms with E-state index in [0.29, 0.717) is 19.3 Å². The Kier molecular flexibility index (Phi) is 7.29. The van der Waals surface area contributed by atoms with E-state index in [1.165, 1.54) is 24.0 Å². The lowest BCUT2D eigenvalue weighted by Gasteiger charge is -2.35. The normalized spacial score (nSPS) is 28.3. The molecule has 164 valence electrons. The van der Waals surface area contributed by atoms with Crippen molar-refractivity contribution in [2.45, 2.75) is 62.8 Å². The predicted molar refractivity (Wildman–Crippen MR) is 126 cm³/mol. The fourth-order valence-corrected chi connectivity index (χ4v) is 4.71. The molecule has 1 saturated carbocycles. The van der Waals surface area contributed by atoms with Crippen LogP contribution in [-0.4, -0.2) is 35.1 Å². The Balaban J connectivity index is 1.60. The maximum atomic E-state index is 10.3. The summed E-state index contributed by atoms with van der Waals surface area (Å²) in [6.45, 7) is 3.64. The van der Waals surface area contributed by atoms with E-state index in [-0.39, 0.29) is 18.8 Å². The second-order valence-corrected chi connectivity index (χ2v) is 9.22. The number of benzene rings is 1. The van der Waals surface area contributed by atoms with Crippen molar-refractivity contribution in [1.29, 1.82) is 0 Å². The zero-order valence-electron chi connectivity index (χ0n) is 17.8. The Morgan fingerprint density at radius 2 is 1.90 bits per heavy atom. The van der Waals surface area contributed by atoms with Gasteiger partial charge in [0.05, 0.1) is 24.9 Å². The van der Waals surface area contributed by atoms with Crippen LogP contribution in [-0.2, 0) is 11.2 Å². The molecule has 3 nitrogen and oxygen atoms in total. The van der Waals surface area contributed by atoms with Gasteiger partial charge in [-0.15, -0.1) is 0 Å². The number of halogens is 1. The van der Waals surface area contributed by atoms with Crippen LogP contribution < -0.4 is 0 Å². The fraction of sp³-hybridized carbons (Fsp3) is 0.407. The summed E-state index contributed by atoms with van der Waals surface area (Å²) in [4.78, 5) is 0. The highest BCUT2D eigenvalue weighted by Gasteiger charge is 2.33. The average molecular weight is 439 g/mol. The molecular formula is C27H31ClO3. The van der Waals surface area contributed by atoms with Gasteiger partial charge in [0, 0.05) is 24.3 Å². The molecule has 1 aromatic rings. The van der Waals surface area contributed by atoms with E-state index in [4.69, 9.17) is 16.3 Å². The topological polar surface area (TPSA) is 49.7 Å². The maximum absolute atomic E-state index is 10.3. The molecule has 2 N–H and O–H groups in total. The van der Waals surface area contributed by atoms with Gasteiger partial charge in [-0.25, -0.2) is 0 Å². The molecule has 31 heavy (non-hydrogen) atoms. The lowest BCUT2D eigenvalue weighted by molar-refractivity contribution is -0.0968. The summed E-state index contributed by atoms with van der Waals surface area (Å²) in [6.07, 6.45) is 13.6. The van der Waals surface area contributed by atoms with Crippen molar-refractivity contribution in [2.24, 2.45) is 0 Å². The molecule has 0 aromatic heterocycles. The van der Waals surface area contributed by atoms with Gasteiger partial charge in [-0.05, 0) is 53.0 Å². The van der Waals surface area contributed by atoms with Crippen LogP contribution >= 0.6 is 11.6 Å². The minimum Gasteiger partial charge on any atom is -0.394 e. The van der Waals surface area contributed by atoms with Gasteiger partial charge in [-0.3, -0.25) is 0 Å². The monoisotopic (exact) mass is 438 g/mol. The van der Waals surface area contributed by atoms with E-state index in [9.17, 15) is 10.2 Å². The number of aliphatic hydroxyl groups is 2. The molecule has 0 spiro atoms. The molecule has 0 radical (unpaired) electrons. The molecule has 1 aliphatic heterocycles. The molecule has 4 rings (SSSR count). The smallest absolute Gasteiger partial charge is 0.0857 e. The Labute approximate surface area is 190 Å². The molecular weight excluding hydrogens is 408 g/mol. The van der Waals surface area contributed by atoms with Gasteiger partial charge in [-0.2, -0.15) is 0 Å². The minimum atomic E-state index is -0.485. The molecule has 1 heterocycles. The largest absolute Gasteiger partial charge is 0.394 e. The maximum Gasteiger partial charge on any atom is 0.0857 e. The number of aliphatic hydroxyl groups excluding tert-OH is 2. The molecule has 3 aliphatic rings. The summed E-state index contributed by atoms with van der Waals surface area (Å²) in [5.74, 6) is 0.753. The minimum absolute atomic E-state index is 0.0902. The van der Waals surface area contributed by atoms with Gasteiger partial charge in [0.1, 0.15) is 0 Å². The van der Waals surface area contributed by atoms with E-state index in [1.807, 2.05) is 18.2 Å². The zero-order valence-corrected chi connectivity index (χ0v) is 18.6. The molecule has 1 aromatic carbocycles. The quantitative estimate of drug-likeness (QED) is 0.552. The predicted octanol–water partition coefficient (Wildman–Crippen LogP) is 5.50. The van der Waals surface area contributed by atoms with E-state index >= 15 is 0 Å². The Morgan fingerprint density at radius 1 is 1.13 bits per heavy atom. The third-order valence-electron chi connectivity index (χ3n) is 6.29. The number of allylic oxidation sites excluding steroid dienone is 7. The van der Waals surface area contributed by atoms with Crippen LogP contribution in [0.5, 0.6) is 0 Å². The standard InChI is InChI=1S/C27H31ClO3/c1-2-3-4-5-21-14-26(28)22(12-18-6-8-19(9-7-18)20-10-11-20)13-25(21)27-16-23(30)15-24(17-29)31-27/h2-9,13,20,23-24,27,29-30H,1,10-12,14-17H2/b4-3-,21-5+. The zero-order chi connectivity index (χ0) is 21.8. The van der Waals surface area contributed by atoms with Crippen molar-refractivity contribution < 1.29 is 14.9 Å². The first-order valence-electron chi connectivity index (χ1n) is 11.2. The molecule has 0 bridgehead atoms. The molecule has 2 fully saturated rings. The number of rotatable bonds is 7. The Morgan fingerprint density at radius 3 is 2.58 bits per heavy atom. The van der Waals surface area contributed by atoms with Gasteiger partial charge in [0.15, 0.2) is 0 Å². The average Bonchev–Trinajstić information content (AvgIpc) is 3.61. The molecule has 2 aliphatic carbocycles. The molecule has 0 amide bonds. The lowest BCUT2D eigenvalue weighted by Crippen LogP contribution is -2.39. The highest BCUT2D eigenvalue weighted by Crippen LogP contribution is 2.41. The van der Waals surface area contributed by atoms with Crippen LogP contribution in [0.3, 0.4) is 0 Å². The molecule has 3 unspecified atom stereocenters. The Bertz CT molecular complexity index is 918. The first-order valence-corrected chi connectivity index (χ1v) is 11.6. The highest BCUT2D eigenvalue weighted by molar-refractivity contribution is 6.30. The van der Waals surface area contributed by atoms with Crippen LogP contribution in [0, 0.1) is 0 Å². The second-order valence-electron chi connectivity index (χ2n) is 8.77. The summed E-state index contributed by atoms with van der Waals surface area (Å²) < 4.78 is 6.14. The fourth-order valence-electron chi connectivity index (χ4n) is 4.45. The summed E-state index contributed by atoms with van der Waals surface area (Å²) in [5, 5.41) is 20.8. The van der Waals surface area contributed by atoms with Gasteiger partial charge < -0.3 is 14.9 Å². The first kappa shape index (κ1) is 22.3. The van der Waals surface area contributed by atoms with Crippen LogP contribution in [0.15, 0.2) is 83.0 Å². The van der Waals surface area contributed by atoms with Gasteiger partial charge in [-0.1, -0.05) is 72.8 Å². The van der Waals surface area contributed by atoms with E-state index in [1.54, 1.807) is 6.08 Å². The van der Waals surface area contributed by atoms with Crippen LogP contribution in [0.25, 0.3) is 0 Å². The molecule has 1 saturated heterocycles. The first-order chi connectivity index (χ1) is 15.1.